The minimum atomic E-state index is -0.376. The summed E-state index contributed by atoms with van der Waals surface area (Å²) in [7, 11) is 1.48. The molecule has 0 fully saturated rings. The molecule has 1 unspecified atom stereocenters. The molecule has 0 aromatic heterocycles. The first kappa shape index (κ1) is 12.5. The summed E-state index contributed by atoms with van der Waals surface area (Å²) >= 11 is 5.96. The topological polar surface area (TPSA) is 50.1 Å². The maximum Gasteiger partial charge on any atom is 0.171 e. The molecule has 0 aliphatic carbocycles. The lowest BCUT2D eigenvalue weighted by Crippen LogP contribution is -2.12. The van der Waals surface area contributed by atoms with Crippen LogP contribution in [0, 0.1) is 17.2 Å². The number of hydrogen-bond donors (Lipinski definition) is 0. The van der Waals surface area contributed by atoms with Crippen molar-refractivity contribution in [3.05, 3.63) is 28.8 Å². The largest absolute Gasteiger partial charge is 0.496 e. The molecule has 84 valence electrons. The second-order valence-corrected chi connectivity index (χ2v) is 3.85. The van der Waals surface area contributed by atoms with E-state index >= 15 is 0 Å². The predicted molar refractivity (Wildman–Crippen MR) is 61.7 cm³/mol. The molecule has 0 N–H and O–H groups in total. The van der Waals surface area contributed by atoms with E-state index in [2.05, 4.69) is 0 Å². The van der Waals surface area contributed by atoms with Crippen LogP contribution in [0.1, 0.15) is 23.7 Å². The minimum absolute atomic E-state index is 0.163. The molecule has 0 aliphatic heterocycles. The van der Waals surface area contributed by atoms with Crippen LogP contribution >= 0.6 is 11.6 Å². The van der Waals surface area contributed by atoms with Gasteiger partial charge in [-0.25, -0.2) is 0 Å². The summed E-state index contributed by atoms with van der Waals surface area (Å²) in [5.41, 5.74) is 0.356. The van der Waals surface area contributed by atoms with Gasteiger partial charge in [-0.1, -0.05) is 24.6 Å². The molecule has 1 aromatic rings. The Hall–Kier alpha value is -1.53. The highest BCUT2D eigenvalue weighted by molar-refractivity contribution is 6.34. The number of nitrogens with zero attached hydrogens (tertiary/aromatic N) is 1. The summed E-state index contributed by atoms with van der Waals surface area (Å²) in [6.45, 7) is 1.70. The van der Waals surface area contributed by atoms with Crippen molar-refractivity contribution in [1.29, 1.82) is 5.26 Å². The molecule has 16 heavy (non-hydrogen) atoms. The Morgan fingerprint density at radius 2 is 2.31 bits per heavy atom. The van der Waals surface area contributed by atoms with Crippen molar-refractivity contribution in [2.24, 2.45) is 5.92 Å². The van der Waals surface area contributed by atoms with E-state index < -0.39 is 0 Å². The summed E-state index contributed by atoms with van der Waals surface area (Å²) < 4.78 is 5.09. The number of methoxy groups -OCH3 is 1. The van der Waals surface area contributed by atoms with Gasteiger partial charge in [-0.3, -0.25) is 4.79 Å². The zero-order valence-electron chi connectivity index (χ0n) is 9.16. The number of rotatable bonds is 4. The molecule has 0 saturated heterocycles. The van der Waals surface area contributed by atoms with Gasteiger partial charge in [0.15, 0.2) is 5.78 Å². The number of benzene rings is 1. The third-order valence-electron chi connectivity index (χ3n) is 2.29. The molecular formula is C12H12ClNO2. The molecular weight excluding hydrogens is 226 g/mol. The molecule has 0 bridgehead atoms. The summed E-state index contributed by atoms with van der Waals surface area (Å²) in [6.07, 6.45) is 0.174. The Kier molecular flexibility index (Phi) is 4.33. The van der Waals surface area contributed by atoms with Crippen molar-refractivity contribution in [2.75, 3.05) is 7.11 Å². The van der Waals surface area contributed by atoms with E-state index in [0.29, 0.717) is 16.3 Å². The van der Waals surface area contributed by atoms with Crippen LogP contribution in [0.5, 0.6) is 5.75 Å². The number of nitriles is 1. The van der Waals surface area contributed by atoms with E-state index in [4.69, 9.17) is 21.6 Å². The number of carbonyl (C=O) groups excluding carboxylic acids is 1. The third kappa shape index (κ3) is 2.53. The van der Waals surface area contributed by atoms with Gasteiger partial charge in [0, 0.05) is 12.3 Å². The van der Waals surface area contributed by atoms with Gasteiger partial charge in [0.05, 0.1) is 23.8 Å². The maximum atomic E-state index is 12.0. The zero-order valence-corrected chi connectivity index (χ0v) is 9.91. The number of hydrogen-bond acceptors (Lipinski definition) is 3. The molecule has 1 aromatic carbocycles. The van der Waals surface area contributed by atoms with Gasteiger partial charge in [-0.15, -0.1) is 0 Å². The summed E-state index contributed by atoms with van der Waals surface area (Å²) in [5, 5.41) is 8.92. The lowest BCUT2D eigenvalue weighted by atomic mass is 9.96. The summed E-state index contributed by atoms with van der Waals surface area (Å²) in [6, 6.07) is 7.00. The van der Waals surface area contributed by atoms with E-state index in [1.807, 2.05) is 6.07 Å². The molecule has 0 saturated carbocycles. The fourth-order valence-corrected chi connectivity index (χ4v) is 1.65. The van der Waals surface area contributed by atoms with Gasteiger partial charge in [0.1, 0.15) is 5.75 Å². The van der Waals surface area contributed by atoms with Crippen molar-refractivity contribution in [1.82, 2.24) is 0 Å². The van der Waals surface area contributed by atoms with E-state index in [1.165, 1.54) is 7.11 Å². The monoisotopic (exact) mass is 237 g/mol. The van der Waals surface area contributed by atoms with E-state index in [1.54, 1.807) is 25.1 Å². The number of carbonyl (C=O) groups is 1. The lowest BCUT2D eigenvalue weighted by molar-refractivity contribution is 0.0929. The number of Topliss-reactive ketones (excluding diaryl/α,β-unsaturated/α-hetero) is 1. The van der Waals surface area contributed by atoms with Crippen LogP contribution in [0.4, 0.5) is 0 Å². The second kappa shape index (κ2) is 5.53. The summed E-state index contributed by atoms with van der Waals surface area (Å²) in [5.74, 6) is -0.0925. The Morgan fingerprint density at radius 3 is 2.88 bits per heavy atom. The average Bonchev–Trinajstić information content (AvgIpc) is 2.28. The van der Waals surface area contributed by atoms with Crippen LogP contribution in [0.2, 0.25) is 5.02 Å². The van der Waals surface area contributed by atoms with Crippen LogP contribution in [0.25, 0.3) is 0 Å². The van der Waals surface area contributed by atoms with Gasteiger partial charge < -0.3 is 4.74 Å². The van der Waals surface area contributed by atoms with Crippen LogP contribution in [-0.4, -0.2) is 12.9 Å². The molecule has 1 rings (SSSR count). The fourth-order valence-electron chi connectivity index (χ4n) is 1.39. The highest BCUT2D eigenvalue weighted by Crippen LogP contribution is 2.29. The highest BCUT2D eigenvalue weighted by atomic mass is 35.5. The van der Waals surface area contributed by atoms with Crippen molar-refractivity contribution in [3.8, 4) is 11.8 Å². The van der Waals surface area contributed by atoms with Crippen LogP contribution in [0.3, 0.4) is 0 Å². The van der Waals surface area contributed by atoms with E-state index in [0.717, 1.165) is 0 Å². The molecule has 0 heterocycles. The molecule has 0 amide bonds. The highest BCUT2D eigenvalue weighted by Gasteiger charge is 2.21. The van der Waals surface area contributed by atoms with Crippen molar-refractivity contribution >= 4 is 17.4 Å². The number of ketones is 1. The number of halogens is 1. The maximum absolute atomic E-state index is 12.0. The Labute approximate surface area is 99.6 Å². The number of ether oxygens (including phenoxy) is 1. The van der Waals surface area contributed by atoms with E-state index in [-0.39, 0.29) is 18.1 Å². The van der Waals surface area contributed by atoms with Crippen molar-refractivity contribution in [3.63, 3.8) is 0 Å². The summed E-state index contributed by atoms with van der Waals surface area (Å²) in [4.78, 5) is 12.0. The zero-order chi connectivity index (χ0) is 12.1. The SMILES string of the molecule is COc1cccc(Cl)c1C(=O)C(C)CC#N. The first-order valence-corrected chi connectivity index (χ1v) is 5.23. The molecule has 1 atom stereocenters. The van der Waals surface area contributed by atoms with E-state index in [9.17, 15) is 4.79 Å². The van der Waals surface area contributed by atoms with Crippen molar-refractivity contribution in [2.45, 2.75) is 13.3 Å². The molecule has 3 nitrogen and oxygen atoms in total. The van der Waals surface area contributed by atoms with Gasteiger partial charge in [0.25, 0.3) is 0 Å². The van der Waals surface area contributed by atoms with Crippen LogP contribution in [-0.2, 0) is 0 Å². The van der Waals surface area contributed by atoms with Gasteiger partial charge in [-0.05, 0) is 12.1 Å². The normalized spacial score (nSPS) is 11.6. The minimum Gasteiger partial charge on any atom is -0.496 e. The third-order valence-corrected chi connectivity index (χ3v) is 2.60. The van der Waals surface area contributed by atoms with Gasteiger partial charge in [0.2, 0.25) is 0 Å². The molecule has 0 radical (unpaired) electrons. The first-order chi connectivity index (χ1) is 7.61. The quantitative estimate of drug-likeness (QED) is 0.756. The van der Waals surface area contributed by atoms with Gasteiger partial charge in [-0.2, -0.15) is 5.26 Å². The average molecular weight is 238 g/mol. The predicted octanol–water partition coefficient (Wildman–Crippen LogP) is 3.08. The van der Waals surface area contributed by atoms with Crippen LogP contribution < -0.4 is 4.74 Å². The second-order valence-electron chi connectivity index (χ2n) is 3.44. The molecule has 4 heteroatoms. The van der Waals surface area contributed by atoms with Crippen molar-refractivity contribution < 1.29 is 9.53 Å². The molecule has 0 spiro atoms. The lowest BCUT2D eigenvalue weighted by Gasteiger charge is -2.12. The Morgan fingerprint density at radius 1 is 1.62 bits per heavy atom. The first-order valence-electron chi connectivity index (χ1n) is 4.85. The fraction of sp³-hybridized carbons (Fsp3) is 0.333. The van der Waals surface area contributed by atoms with Gasteiger partial charge >= 0.3 is 0 Å². The molecule has 0 aliphatic rings. The standard InChI is InChI=1S/C12H12ClNO2/c1-8(6-7-14)12(15)11-9(13)4-3-5-10(11)16-2/h3-5,8H,6H2,1-2H3. The van der Waals surface area contributed by atoms with Crippen LogP contribution in [0.15, 0.2) is 18.2 Å². The Bertz CT molecular complexity index is 437. The Balaban J connectivity index is 3.12. The smallest absolute Gasteiger partial charge is 0.171 e.